The Labute approximate surface area is 139 Å². The number of aromatic nitrogens is 1. The van der Waals surface area contributed by atoms with Crippen LogP contribution >= 0.6 is 11.3 Å². The average molecular weight is 366 g/mol. The summed E-state index contributed by atoms with van der Waals surface area (Å²) in [5, 5.41) is 20.0. The molecule has 0 aromatic carbocycles. The maximum atomic E-state index is 13.4. The second kappa shape index (κ2) is 6.32. The normalized spacial score (nSPS) is 24.0. The molecule has 1 aliphatic rings. The highest BCUT2D eigenvalue weighted by atomic mass is 32.1. The van der Waals surface area contributed by atoms with Gasteiger partial charge < -0.3 is 15.1 Å². The van der Waals surface area contributed by atoms with Gasteiger partial charge in [0.1, 0.15) is 5.01 Å². The second-order valence-electron chi connectivity index (χ2n) is 6.05. The number of amides is 1. The minimum Gasteiger partial charge on any atom is -0.481 e. The summed E-state index contributed by atoms with van der Waals surface area (Å²) in [4.78, 5) is 28.1. The topological polar surface area (TPSA) is 90.7 Å². The number of aryl methyl sites for hydroxylation is 1. The summed E-state index contributed by atoms with van der Waals surface area (Å²) in [6, 6.07) is 0. The molecule has 3 atom stereocenters. The van der Waals surface area contributed by atoms with Gasteiger partial charge in [-0.15, -0.1) is 11.3 Å². The Morgan fingerprint density at radius 1 is 1.42 bits per heavy atom. The highest BCUT2D eigenvalue weighted by molar-refractivity contribution is 7.09. The predicted octanol–water partition coefficient (Wildman–Crippen LogP) is 1.77. The molecule has 1 aromatic heterocycles. The first-order chi connectivity index (χ1) is 11.0. The van der Waals surface area contributed by atoms with Crippen LogP contribution in [0.15, 0.2) is 5.38 Å². The van der Waals surface area contributed by atoms with Crippen molar-refractivity contribution in [2.45, 2.75) is 32.0 Å². The van der Waals surface area contributed by atoms with Crippen molar-refractivity contribution >= 4 is 23.2 Å². The van der Waals surface area contributed by atoms with E-state index in [1.807, 2.05) is 0 Å². The van der Waals surface area contributed by atoms with Crippen molar-refractivity contribution in [1.82, 2.24) is 9.88 Å². The molecular formula is C14H17F3N2O4S. The van der Waals surface area contributed by atoms with Crippen LogP contribution in [0, 0.1) is 18.8 Å². The van der Waals surface area contributed by atoms with Gasteiger partial charge in [-0.1, -0.05) is 6.92 Å². The number of likely N-dealkylation sites (tertiary alicyclic amines) is 1. The molecule has 0 radical (unpaired) electrons. The van der Waals surface area contributed by atoms with Crippen molar-refractivity contribution in [2.75, 3.05) is 13.1 Å². The van der Waals surface area contributed by atoms with Crippen LogP contribution in [-0.2, 0) is 15.2 Å². The van der Waals surface area contributed by atoms with E-state index in [2.05, 4.69) is 4.98 Å². The van der Waals surface area contributed by atoms with Crippen molar-refractivity contribution in [3.63, 3.8) is 0 Å². The van der Waals surface area contributed by atoms with E-state index < -0.39 is 41.0 Å². The molecule has 10 heteroatoms. The predicted molar refractivity (Wildman–Crippen MR) is 78.3 cm³/mol. The average Bonchev–Trinajstić information content (AvgIpc) is 3.03. The first-order valence-electron chi connectivity index (χ1n) is 7.18. The molecule has 0 bridgehead atoms. The van der Waals surface area contributed by atoms with Gasteiger partial charge in [0.15, 0.2) is 0 Å². The van der Waals surface area contributed by atoms with E-state index in [1.165, 1.54) is 12.3 Å². The molecule has 134 valence electrons. The van der Waals surface area contributed by atoms with Crippen LogP contribution < -0.4 is 0 Å². The lowest BCUT2D eigenvalue weighted by Crippen LogP contribution is -2.47. The summed E-state index contributed by atoms with van der Waals surface area (Å²) in [6.45, 7) is 2.98. The molecule has 1 unspecified atom stereocenters. The van der Waals surface area contributed by atoms with Gasteiger partial charge in [-0.3, -0.25) is 9.59 Å². The van der Waals surface area contributed by atoms with Gasteiger partial charge in [0.2, 0.25) is 11.5 Å². The summed E-state index contributed by atoms with van der Waals surface area (Å²) in [7, 11) is 0. The number of hydrogen-bond donors (Lipinski definition) is 2. The molecule has 1 fully saturated rings. The smallest absolute Gasteiger partial charge is 0.424 e. The summed E-state index contributed by atoms with van der Waals surface area (Å²) < 4.78 is 40.1. The van der Waals surface area contributed by atoms with Gasteiger partial charge in [0.05, 0.1) is 12.3 Å². The first-order valence-corrected chi connectivity index (χ1v) is 8.06. The van der Waals surface area contributed by atoms with Gasteiger partial charge in [0, 0.05) is 24.2 Å². The minimum atomic E-state index is -5.08. The zero-order valence-electron chi connectivity index (χ0n) is 13.0. The molecular weight excluding hydrogens is 349 g/mol. The van der Waals surface area contributed by atoms with Crippen molar-refractivity contribution in [1.29, 1.82) is 0 Å². The third kappa shape index (κ3) is 3.39. The summed E-state index contributed by atoms with van der Waals surface area (Å²) >= 11 is 0.628. The Bertz CT molecular complexity index is 648. The van der Waals surface area contributed by atoms with Crippen molar-refractivity contribution in [3.8, 4) is 0 Å². The molecule has 0 aliphatic carbocycles. The zero-order valence-corrected chi connectivity index (χ0v) is 13.8. The molecule has 1 aliphatic heterocycles. The van der Waals surface area contributed by atoms with E-state index in [1.54, 1.807) is 6.92 Å². The molecule has 24 heavy (non-hydrogen) atoms. The number of rotatable bonds is 4. The highest BCUT2D eigenvalue weighted by Crippen LogP contribution is 2.43. The number of halogens is 3. The van der Waals surface area contributed by atoms with E-state index in [0.29, 0.717) is 17.0 Å². The third-order valence-corrected chi connectivity index (χ3v) is 5.24. The van der Waals surface area contributed by atoms with Gasteiger partial charge in [-0.2, -0.15) is 13.2 Å². The van der Waals surface area contributed by atoms with Crippen molar-refractivity contribution in [2.24, 2.45) is 11.8 Å². The van der Waals surface area contributed by atoms with E-state index in [9.17, 15) is 27.9 Å². The number of hydrogen-bond acceptors (Lipinski definition) is 5. The van der Waals surface area contributed by atoms with E-state index in [-0.39, 0.29) is 19.0 Å². The first kappa shape index (κ1) is 18.7. The van der Waals surface area contributed by atoms with Gasteiger partial charge in [-0.25, -0.2) is 4.98 Å². The van der Waals surface area contributed by atoms with Crippen molar-refractivity contribution in [3.05, 3.63) is 16.1 Å². The van der Waals surface area contributed by atoms with E-state index in [0.717, 1.165) is 4.90 Å². The van der Waals surface area contributed by atoms with Crippen LogP contribution in [0.4, 0.5) is 13.2 Å². The maximum absolute atomic E-state index is 13.4. The lowest BCUT2D eigenvalue weighted by atomic mass is 9.99. The molecule has 6 nitrogen and oxygen atoms in total. The van der Waals surface area contributed by atoms with Gasteiger partial charge in [0.25, 0.3) is 0 Å². The third-order valence-electron chi connectivity index (χ3n) is 4.13. The molecule has 2 rings (SSSR count). The van der Waals surface area contributed by atoms with Crippen LogP contribution in [0.2, 0.25) is 0 Å². The summed E-state index contributed by atoms with van der Waals surface area (Å²) in [5.74, 6) is -3.24. The number of carbonyl (C=O) groups is 2. The maximum Gasteiger partial charge on any atom is 0.424 e. The molecule has 2 heterocycles. The fourth-order valence-corrected chi connectivity index (χ4v) is 3.58. The Kier molecular flexibility index (Phi) is 4.91. The monoisotopic (exact) mass is 366 g/mol. The van der Waals surface area contributed by atoms with Crippen LogP contribution in [0.1, 0.15) is 24.0 Å². The number of carboxylic acid groups (broad SMARTS) is 1. The summed E-state index contributed by atoms with van der Waals surface area (Å²) in [5.41, 5.74) is -3.07. The molecule has 0 spiro atoms. The molecule has 2 N–H and O–H groups in total. The number of carbonyl (C=O) groups excluding carboxylic acids is 1. The minimum absolute atomic E-state index is 0.0423. The Morgan fingerprint density at radius 3 is 2.46 bits per heavy atom. The van der Waals surface area contributed by atoms with Crippen LogP contribution in [0.25, 0.3) is 0 Å². The number of alkyl halides is 3. The SMILES string of the molecule is Cc1csc(C(O)(CC(=O)N2C[C@@H](C)[C@H](C(=O)O)C2)C(F)(F)F)n1. The summed E-state index contributed by atoms with van der Waals surface area (Å²) in [6.07, 6.45) is -6.30. The van der Waals surface area contributed by atoms with Crippen LogP contribution in [0.5, 0.6) is 0 Å². The Balaban J connectivity index is 2.22. The van der Waals surface area contributed by atoms with Crippen LogP contribution in [0.3, 0.4) is 0 Å². The highest BCUT2D eigenvalue weighted by Gasteiger charge is 2.58. The number of carboxylic acids is 1. The lowest BCUT2D eigenvalue weighted by Gasteiger charge is -2.29. The number of thiazole rings is 1. The molecule has 0 saturated carbocycles. The Hall–Kier alpha value is -1.68. The van der Waals surface area contributed by atoms with Crippen molar-refractivity contribution < 1.29 is 33.0 Å². The number of aliphatic carboxylic acids is 1. The Morgan fingerprint density at radius 2 is 2.04 bits per heavy atom. The molecule has 1 saturated heterocycles. The lowest BCUT2D eigenvalue weighted by molar-refractivity contribution is -0.268. The van der Waals surface area contributed by atoms with E-state index in [4.69, 9.17) is 5.11 Å². The second-order valence-corrected chi connectivity index (χ2v) is 6.91. The van der Waals surface area contributed by atoms with E-state index >= 15 is 0 Å². The fraction of sp³-hybridized carbons (Fsp3) is 0.643. The fourth-order valence-electron chi connectivity index (χ4n) is 2.66. The molecule has 1 aromatic rings. The van der Waals surface area contributed by atoms with Crippen LogP contribution in [-0.4, -0.2) is 51.2 Å². The van der Waals surface area contributed by atoms with Gasteiger partial charge >= 0.3 is 12.1 Å². The van der Waals surface area contributed by atoms with Gasteiger partial charge in [-0.05, 0) is 12.8 Å². The quantitative estimate of drug-likeness (QED) is 0.848. The molecule has 1 amide bonds. The number of aliphatic hydroxyl groups is 1. The zero-order chi connectivity index (χ0) is 18.3. The number of nitrogens with zero attached hydrogens (tertiary/aromatic N) is 2. The standard InChI is InChI=1S/C14H17F3N2O4S/c1-7-4-19(5-9(7)11(21)22)10(20)3-13(23,14(15,16)17)12-18-8(2)6-24-12/h6-7,9,23H,3-5H2,1-2H3,(H,21,22)/t7-,9-,13?/m1/s1. The largest absolute Gasteiger partial charge is 0.481 e.